The molecule has 8 rings (SSSR count). The number of halogens is 3. The molecule has 6 nitrogen and oxygen atoms in total. The predicted molar refractivity (Wildman–Crippen MR) is 193 cm³/mol. The van der Waals surface area contributed by atoms with Gasteiger partial charge in [-0.25, -0.2) is 0 Å². The van der Waals surface area contributed by atoms with Crippen LogP contribution in [0.4, 0.5) is 0 Å². The summed E-state index contributed by atoms with van der Waals surface area (Å²) < 4.78 is 15.0. The van der Waals surface area contributed by atoms with Crippen molar-refractivity contribution in [3.05, 3.63) is 134 Å². The first kappa shape index (κ1) is 30.5. The molecule has 4 heterocycles. The van der Waals surface area contributed by atoms with Crippen molar-refractivity contribution in [2.24, 2.45) is 0 Å². The molecule has 0 fully saturated rings. The van der Waals surface area contributed by atoms with E-state index in [2.05, 4.69) is 101 Å². The van der Waals surface area contributed by atoms with Gasteiger partial charge in [-0.1, -0.05) is 37.9 Å². The summed E-state index contributed by atoms with van der Waals surface area (Å²) in [6, 6.07) is 31.8. The second-order valence-electron chi connectivity index (χ2n) is 9.73. The lowest BCUT2D eigenvalue weighted by molar-refractivity contribution is 0.425. The number of fused-ring (bicyclic) bond motifs is 6. The summed E-state index contributed by atoms with van der Waals surface area (Å²) in [5.74, 6) is 0. The molecule has 0 amide bonds. The average Bonchev–Trinajstić information content (AvgIpc) is 3.59. The molecule has 0 radical (unpaired) electrons. The second kappa shape index (κ2) is 13.6. The Labute approximate surface area is 283 Å². The molecular weight excluding hydrogens is 798 g/mol. The minimum Gasteiger partial charge on any atom is -0.456 e. The first-order valence-electron chi connectivity index (χ1n) is 13.4. The van der Waals surface area contributed by atoms with Crippen molar-refractivity contribution in [3.8, 4) is 11.1 Å². The normalized spacial score (nSPS) is 10.8. The minimum absolute atomic E-state index is 0.463. The molecule has 216 valence electrons. The molecule has 0 unspecified atom stereocenters. The summed E-state index contributed by atoms with van der Waals surface area (Å²) in [7, 11) is -1.38. The van der Waals surface area contributed by atoms with Gasteiger partial charge in [-0.15, -0.1) is 0 Å². The fraction of sp³-hybridized carbons (Fsp3) is 0. The van der Waals surface area contributed by atoms with Gasteiger partial charge in [0.05, 0.1) is 0 Å². The Balaban J connectivity index is 0.000000126. The molecule has 44 heavy (non-hydrogen) atoms. The van der Waals surface area contributed by atoms with Gasteiger partial charge in [0.2, 0.25) is 0 Å². The first-order valence-corrected chi connectivity index (χ1v) is 16.1. The van der Waals surface area contributed by atoms with Gasteiger partial charge in [-0.2, -0.15) is 0 Å². The molecule has 0 atom stereocenters. The summed E-state index contributed by atoms with van der Waals surface area (Å²) >= 11 is 9.31. The Morgan fingerprint density at radius 3 is 1.50 bits per heavy atom. The fourth-order valence-electron chi connectivity index (χ4n) is 4.73. The lowest BCUT2D eigenvalue weighted by Gasteiger charge is -2.00. The van der Waals surface area contributed by atoms with Crippen molar-refractivity contribution in [1.82, 2.24) is 9.97 Å². The molecule has 4 aromatic carbocycles. The van der Waals surface area contributed by atoms with Gasteiger partial charge >= 0.3 is 7.12 Å². The van der Waals surface area contributed by atoms with Crippen molar-refractivity contribution in [1.29, 1.82) is 0 Å². The van der Waals surface area contributed by atoms with Crippen LogP contribution in [0.3, 0.4) is 0 Å². The van der Waals surface area contributed by atoms with Gasteiger partial charge in [0, 0.05) is 58.8 Å². The van der Waals surface area contributed by atoms with Crippen LogP contribution in [-0.4, -0.2) is 27.1 Å². The Hall–Kier alpha value is -3.55. The minimum atomic E-state index is -1.38. The third kappa shape index (κ3) is 6.89. The highest BCUT2D eigenvalue weighted by atomic mass is 127. The van der Waals surface area contributed by atoms with E-state index < -0.39 is 7.12 Å². The third-order valence-electron chi connectivity index (χ3n) is 6.84. The zero-order chi connectivity index (χ0) is 30.6. The molecule has 0 spiro atoms. The molecular formula is C34H22BBr2IN2O4. The van der Waals surface area contributed by atoms with Crippen LogP contribution in [0.25, 0.3) is 55.0 Å². The van der Waals surface area contributed by atoms with Gasteiger partial charge in [0.25, 0.3) is 0 Å². The number of aromatic nitrogens is 2. The first-order chi connectivity index (χ1) is 21.4. The van der Waals surface area contributed by atoms with Crippen molar-refractivity contribution in [3.63, 3.8) is 0 Å². The Morgan fingerprint density at radius 1 is 0.523 bits per heavy atom. The summed E-state index contributed by atoms with van der Waals surface area (Å²) in [5, 5.41) is 21.7. The van der Waals surface area contributed by atoms with E-state index >= 15 is 0 Å². The fourth-order valence-corrected chi connectivity index (χ4v) is 5.94. The molecule has 0 aliphatic heterocycles. The molecule has 10 heteroatoms. The smallest absolute Gasteiger partial charge is 0.456 e. The molecule has 0 aliphatic rings. The van der Waals surface area contributed by atoms with Crippen LogP contribution in [0.2, 0.25) is 0 Å². The topological polar surface area (TPSA) is 92.5 Å². The van der Waals surface area contributed by atoms with E-state index in [1.54, 1.807) is 12.1 Å². The number of furan rings is 2. The zero-order valence-electron chi connectivity index (χ0n) is 22.9. The van der Waals surface area contributed by atoms with Gasteiger partial charge in [0.1, 0.15) is 22.3 Å². The lowest BCUT2D eigenvalue weighted by atomic mass is 9.81. The third-order valence-corrected chi connectivity index (χ3v) is 8.50. The monoisotopic (exact) mass is 818 g/mol. The number of pyridine rings is 2. The molecule has 0 bridgehead atoms. The number of rotatable bonds is 2. The maximum atomic E-state index is 8.55. The van der Waals surface area contributed by atoms with Crippen LogP contribution in [0.1, 0.15) is 0 Å². The summed E-state index contributed by atoms with van der Waals surface area (Å²) in [6.07, 6.45) is 6.64. The van der Waals surface area contributed by atoms with E-state index in [9.17, 15) is 0 Å². The molecule has 8 aromatic rings. The largest absolute Gasteiger partial charge is 0.488 e. The summed E-state index contributed by atoms with van der Waals surface area (Å²) in [4.78, 5) is 7.77. The van der Waals surface area contributed by atoms with Gasteiger partial charge < -0.3 is 18.9 Å². The Morgan fingerprint density at radius 2 is 0.977 bits per heavy atom. The van der Waals surface area contributed by atoms with Crippen LogP contribution in [0.5, 0.6) is 0 Å². The quantitative estimate of drug-likeness (QED) is 0.134. The van der Waals surface area contributed by atoms with Crippen molar-refractivity contribution >= 4 is 111 Å². The summed E-state index contributed by atoms with van der Waals surface area (Å²) in [6.45, 7) is 0. The molecule has 0 saturated carbocycles. The van der Waals surface area contributed by atoms with Crippen molar-refractivity contribution in [2.75, 3.05) is 0 Å². The second-order valence-corrected chi connectivity index (χ2v) is 12.8. The van der Waals surface area contributed by atoms with Gasteiger partial charge in [-0.05, 0) is 130 Å². The van der Waals surface area contributed by atoms with Crippen LogP contribution in [0, 0.1) is 3.57 Å². The number of hydrogen-bond acceptors (Lipinski definition) is 6. The van der Waals surface area contributed by atoms with E-state index in [1.165, 1.54) is 26.9 Å². The Bertz CT molecular complexity index is 2150. The van der Waals surface area contributed by atoms with Crippen molar-refractivity contribution in [2.45, 2.75) is 0 Å². The predicted octanol–water partition coefficient (Wildman–Crippen LogP) is 9.12. The number of nitrogens with zero attached hydrogens (tertiary/aromatic N) is 2. The molecule has 0 aliphatic carbocycles. The summed E-state index contributed by atoms with van der Waals surface area (Å²) in [5.41, 5.74) is 6.50. The van der Waals surface area contributed by atoms with E-state index in [4.69, 9.17) is 18.9 Å². The van der Waals surface area contributed by atoms with Crippen LogP contribution < -0.4 is 5.46 Å². The highest BCUT2D eigenvalue weighted by Gasteiger charge is 2.10. The maximum absolute atomic E-state index is 8.55. The van der Waals surface area contributed by atoms with Crippen LogP contribution in [0.15, 0.2) is 140 Å². The van der Waals surface area contributed by atoms with Crippen molar-refractivity contribution < 1.29 is 18.9 Å². The Kier molecular flexibility index (Phi) is 9.43. The van der Waals surface area contributed by atoms with E-state index in [-0.39, 0.29) is 0 Å². The molecule has 4 aromatic heterocycles. The molecule has 2 N–H and O–H groups in total. The standard InChI is InChI=1S/C17H10BrNO.C12H6BrIO.C5H6BNO2/c18-13-2-4-17-15(10-13)14-9-12(1-3-16(14)20-17)11-5-7-19-8-6-11;13-7-1-3-11-9(5-7)10-6-8(14)2-4-12(10)15-11;8-6(9)5-1-3-7-4-2-5/h1-10H;1-6H;1-4,8-9H. The van der Waals surface area contributed by atoms with Crippen LogP contribution in [-0.2, 0) is 0 Å². The lowest BCUT2D eigenvalue weighted by Crippen LogP contribution is -2.29. The number of benzene rings is 4. The highest BCUT2D eigenvalue weighted by Crippen LogP contribution is 2.34. The van der Waals surface area contributed by atoms with Gasteiger partial charge in [0.15, 0.2) is 0 Å². The SMILES string of the molecule is Brc1ccc2oc3ccc(-c4ccncc4)cc3c2c1.Brc1ccc2oc3ccc(I)cc3c2c1.OB(O)c1ccncc1. The molecule has 0 saturated heterocycles. The zero-order valence-corrected chi connectivity index (χ0v) is 28.2. The van der Waals surface area contributed by atoms with Crippen LogP contribution >= 0.6 is 54.5 Å². The van der Waals surface area contributed by atoms with E-state index in [1.807, 2.05) is 60.9 Å². The van der Waals surface area contributed by atoms with Gasteiger partial charge in [-0.3, -0.25) is 9.97 Å². The number of hydrogen-bond donors (Lipinski definition) is 2. The average molecular weight is 820 g/mol. The highest BCUT2D eigenvalue weighted by molar-refractivity contribution is 14.1. The van der Waals surface area contributed by atoms with E-state index in [0.717, 1.165) is 53.0 Å². The van der Waals surface area contributed by atoms with E-state index in [0.29, 0.717) is 5.46 Å². The maximum Gasteiger partial charge on any atom is 0.488 e.